The number of carbonyl (C=O) groups is 1. The van der Waals surface area contributed by atoms with Crippen LogP contribution in [0.25, 0.3) is 0 Å². The summed E-state index contributed by atoms with van der Waals surface area (Å²) < 4.78 is 0. The van der Waals surface area contributed by atoms with Crippen LogP contribution >= 0.6 is 0 Å². The average Bonchev–Trinajstić information content (AvgIpc) is 2.38. The number of amides is 1. The van der Waals surface area contributed by atoms with Crippen molar-refractivity contribution in [3.63, 3.8) is 0 Å². The first kappa shape index (κ1) is 12.6. The molecule has 1 aliphatic rings. The fourth-order valence-electron chi connectivity index (χ4n) is 2.56. The first-order valence-electron chi connectivity index (χ1n) is 6.47. The van der Waals surface area contributed by atoms with Gasteiger partial charge in [0, 0.05) is 6.04 Å². The van der Waals surface area contributed by atoms with Gasteiger partial charge in [-0.25, -0.2) is 0 Å². The molecule has 1 aliphatic carbocycles. The highest BCUT2D eigenvalue weighted by Gasteiger charge is 2.26. The average molecular weight is 242 g/mol. The van der Waals surface area contributed by atoms with E-state index >= 15 is 0 Å². The van der Waals surface area contributed by atoms with E-state index in [1.165, 1.54) is 5.56 Å². The first-order chi connectivity index (χ1) is 8.72. The molecule has 2 unspecified atom stereocenters. The van der Waals surface area contributed by atoms with Crippen molar-refractivity contribution in [3.05, 3.63) is 35.4 Å². The number of hydrogen-bond donors (Lipinski definition) is 1. The maximum Gasteiger partial charge on any atom is 0.227 e. The summed E-state index contributed by atoms with van der Waals surface area (Å²) in [5, 5.41) is 11.5. The second kappa shape index (κ2) is 5.68. The highest BCUT2D eigenvalue weighted by Crippen LogP contribution is 2.31. The van der Waals surface area contributed by atoms with Crippen molar-refractivity contribution < 1.29 is 4.79 Å². The van der Waals surface area contributed by atoms with Crippen LogP contribution in [-0.2, 0) is 11.2 Å². The van der Waals surface area contributed by atoms with E-state index in [0.29, 0.717) is 6.42 Å². The topological polar surface area (TPSA) is 52.9 Å². The van der Waals surface area contributed by atoms with Crippen LogP contribution in [0.3, 0.4) is 0 Å². The number of nitrogens with zero attached hydrogens (tertiary/aromatic N) is 1. The van der Waals surface area contributed by atoms with Crippen LogP contribution in [0.1, 0.15) is 43.2 Å². The van der Waals surface area contributed by atoms with Gasteiger partial charge in [-0.05, 0) is 37.3 Å². The molecule has 3 heteroatoms. The quantitative estimate of drug-likeness (QED) is 0.885. The van der Waals surface area contributed by atoms with Gasteiger partial charge >= 0.3 is 0 Å². The van der Waals surface area contributed by atoms with Crippen molar-refractivity contribution in [2.24, 2.45) is 0 Å². The Morgan fingerprint density at radius 3 is 3.11 bits per heavy atom. The zero-order valence-electron chi connectivity index (χ0n) is 10.6. The van der Waals surface area contributed by atoms with E-state index in [9.17, 15) is 4.79 Å². The summed E-state index contributed by atoms with van der Waals surface area (Å²) in [6, 6.07) is 10.2. The van der Waals surface area contributed by atoms with Crippen LogP contribution < -0.4 is 5.32 Å². The predicted molar refractivity (Wildman–Crippen MR) is 70.0 cm³/mol. The molecule has 0 radical (unpaired) electrons. The lowest BCUT2D eigenvalue weighted by Crippen LogP contribution is -2.37. The van der Waals surface area contributed by atoms with E-state index in [2.05, 4.69) is 17.5 Å². The minimum atomic E-state index is -0.0726. The van der Waals surface area contributed by atoms with Crippen molar-refractivity contribution in [2.45, 2.75) is 44.6 Å². The van der Waals surface area contributed by atoms with Crippen LogP contribution in [0.2, 0.25) is 0 Å². The first-order valence-corrected chi connectivity index (χ1v) is 6.47. The fraction of sp³-hybridized carbons (Fsp3) is 0.467. The second-order valence-corrected chi connectivity index (χ2v) is 4.92. The summed E-state index contributed by atoms with van der Waals surface area (Å²) in [6.07, 6.45) is 3.39. The Kier molecular flexibility index (Phi) is 3.99. The van der Waals surface area contributed by atoms with E-state index < -0.39 is 0 Å². The Hall–Kier alpha value is -1.82. The molecule has 2 rings (SSSR count). The monoisotopic (exact) mass is 242 g/mol. The third kappa shape index (κ3) is 2.70. The number of aryl methyl sites for hydroxylation is 1. The molecule has 0 saturated carbocycles. The van der Waals surface area contributed by atoms with Crippen molar-refractivity contribution in [3.8, 4) is 6.07 Å². The lowest BCUT2D eigenvalue weighted by Gasteiger charge is -2.25. The fourth-order valence-corrected chi connectivity index (χ4v) is 2.56. The molecule has 0 heterocycles. The molecule has 3 nitrogen and oxygen atoms in total. The Balaban J connectivity index is 2.11. The summed E-state index contributed by atoms with van der Waals surface area (Å²) in [4.78, 5) is 12.2. The van der Waals surface area contributed by atoms with Gasteiger partial charge in [0.15, 0.2) is 0 Å². The van der Waals surface area contributed by atoms with Crippen LogP contribution in [0.4, 0.5) is 0 Å². The summed E-state index contributed by atoms with van der Waals surface area (Å²) in [5.41, 5.74) is 2.45. The third-order valence-corrected chi connectivity index (χ3v) is 3.47. The van der Waals surface area contributed by atoms with Crippen molar-refractivity contribution in [1.82, 2.24) is 5.32 Å². The van der Waals surface area contributed by atoms with Gasteiger partial charge in [-0.15, -0.1) is 0 Å². The molecule has 1 N–H and O–H groups in total. The smallest absolute Gasteiger partial charge is 0.227 e. The van der Waals surface area contributed by atoms with Gasteiger partial charge < -0.3 is 5.32 Å². The maximum atomic E-state index is 12.2. The van der Waals surface area contributed by atoms with Gasteiger partial charge in [-0.3, -0.25) is 4.79 Å². The van der Waals surface area contributed by atoms with Crippen LogP contribution in [-0.4, -0.2) is 11.9 Å². The molecule has 0 spiro atoms. The van der Waals surface area contributed by atoms with Gasteiger partial charge in [0.2, 0.25) is 5.91 Å². The molecule has 1 amide bonds. The highest BCUT2D eigenvalue weighted by atomic mass is 16.1. The zero-order valence-corrected chi connectivity index (χ0v) is 10.6. The molecule has 2 atom stereocenters. The highest BCUT2D eigenvalue weighted by molar-refractivity contribution is 5.84. The molecule has 0 aliphatic heterocycles. The van der Waals surface area contributed by atoms with Gasteiger partial charge in [0.25, 0.3) is 0 Å². The van der Waals surface area contributed by atoms with Gasteiger partial charge in [0.05, 0.1) is 18.4 Å². The van der Waals surface area contributed by atoms with E-state index in [1.807, 2.05) is 25.1 Å². The number of nitriles is 1. The normalized spacial score (nSPS) is 19.4. The lowest BCUT2D eigenvalue weighted by molar-refractivity contribution is -0.123. The van der Waals surface area contributed by atoms with E-state index in [0.717, 1.165) is 24.8 Å². The minimum Gasteiger partial charge on any atom is -0.352 e. The van der Waals surface area contributed by atoms with Crippen LogP contribution in [0, 0.1) is 11.3 Å². The number of fused-ring (bicyclic) bond motifs is 1. The molecule has 18 heavy (non-hydrogen) atoms. The van der Waals surface area contributed by atoms with Crippen LogP contribution in [0.15, 0.2) is 24.3 Å². The van der Waals surface area contributed by atoms with Gasteiger partial charge in [-0.2, -0.15) is 5.26 Å². The summed E-state index contributed by atoms with van der Waals surface area (Å²) in [7, 11) is 0. The Bertz CT molecular complexity index is 476. The van der Waals surface area contributed by atoms with E-state index in [4.69, 9.17) is 5.26 Å². The number of rotatable bonds is 3. The predicted octanol–water partition coefficient (Wildman–Crippen LogP) is 2.52. The van der Waals surface area contributed by atoms with E-state index in [-0.39, 0.29) is 17.9 Å². The number of hydrogen-bond acceptors (Lipinski definition) is 2. The lowest BCUT2D eigenvalue weighted by atomic mass is 9.82. The third-order valence-electron chi connectivity index (χ3n) is 3.47. The number of benzene rings is 1. The molecule has 0 aromatic heterocycles. The molecule has 0 bridgehead atoms. The molecule has 1 aromatic rings. The molecule has 1 aromatic carbocycles. The molecular formula is C15H18N2O. The Labute approximate surface area is 108 Å². The standard InChI is InChI=1S/C15H18N2O/c1-11(9-10-16)17-15(18)14-8-4-6-12-5-2-3-7-13(12)14/h2-3,5,7,11,14H,4,6,8-9H2,1H3,(H,17,18). The molecule has 0 fully saturated rings. The maximum absolute atomic E-state index is 12.2. The van der Waals surface area contributed by atoms with Gasteiger partial charge in [-0.1, -0.05) is 24.3 Å². The summed E-state index contributed by atoms with van der Waals surface area (Å²) >= 11 is 0. The van der Waals surface area contributed by atoms with Gasteiger partial charge in [0.1, 0.15) is 0 Å². The Morgan fingerprint density at radius 2 is 2.33 bits per heavy atom. The molecular weight excluding hydrogens is 224 g/mol. The van der Waals surface area contributed by atoms with Crippen LogP contribution in [0.5, 0.6) is 0 Å². The van der Waals surface area contributed by atoms with E-state index in [1.54, 1.807) is 0 Å². The number of nitrogens with one attached hydrogen (secondary N) is 1. The largest absolute Gasteiger partial charge is 0.352 e. The molecule has 94 valence electrons. The van der Waals surface area contributed by atoms with Crippen molar-refractivity contribution in [2.75, 3.05) is 0 Å². The Morgan fingerprint density at radius 1 is 1.56 bits per heavy atom. The summed E-state index contributed by atoms with van der Waals surface area (Å²) in [6.45, 7) is 1.87. The number of carbonyl (C=O) groups excluding carboxylic acids is 1. The van der Waals surface area contributed by atoms with Crippen molar-refractivity contribution in [1.29, 1.82) is 5.26 Å². The van der Waals surface area contributed by atoms with Crippen molar-refractivity contribution >= 4 is 5.91 Å². The SMILES string of the molecule is CC(CC#N)NC(=O)C1CCCc2ccccc21. The minimum absolute atomic E-state index is 0.0453. The molecule has 0 saturated heterocycles. The zero-order chi connectivity index (χ0) is 13.0. The summed E-state index contributed by atoms with van der Waals surface area (Å²) in [5.74, 6) is 0.0148. The second-order valence-electron chi connectivity index (χ2n) is 4.92.